The van der Waals surface area contributed by atoms with Crippen LogP contribution in [-0.2, 0) is 15.3 Å². The number of carbonyl (C=O) groups is 1. The highest BCUT2D eigenvalue weighted by Gasteiger charge is 2.31. The molecule has 1 unspecified atom stereocenters. The van der Waals surface area contributed by atoms with E-state index in [1.165, 1.54) is 7.11 Å². The Morgan fingerprint density at radius 3 is 2.94 bits per heavy atom. The third-order valence-corrected chi connectivity index (χ3v) is 4.04. The number of methoxy groups -OCH3 is 1. The largest absolute Gasteiger partial charge is 0.468 e. The molecule has 0 aliphatic carbocycles. The van der Waals surface area contributed by atoms with Crippen LogP contribution in [0.2, 0.25) is 0 Å². The molecule has 1 N–H and O–H groups in total. The molecule has 1 rings (SSSR count). The predicted octanol–water partition coefficient (Wildman–Crippen LogP) is 2.44. The number of likely N-dealkylation sites (N-methyl/N-ethyl adjacent to an activating group) is 1. The Morgan fingerprint density at radius 1 is 1.61 bits per heavy atom. The van der Waals surface area contributed by atoms with Gasteiger partial charge in [0.25, 0.3) is 0 Å². The summed E-state index contributed by atoms with van der Waals surface area (Å²) in [5.74, 6) is 2.65. The quantitative estimate of drug-likeness (QED) is 0.581. The third-order valence-electron chi connectivity index (χ3n) is 2.98. The number of thioether (sulfide) groups is 1. The van der Waals surface area contributed by atoms with E-state index in [2.05, 4.69) is 5.32 Å². The van der Waals surface area contributed by atoms with Crippen LogP contribution in [-0.4, -0.2) is 31.4 Å². The smallest absolute Gasteiger partial charge is 0.325 e. The van der Waals surface area contributed by atoms with Crippen molar-refractivity contribution in [3.05, 3.63) is 24.2 Å². The lowest BCUT2D eigenvalue weighted by Crippen LogP contribution is -2.48. The molecule has 102 valence electrons. The molecule has 0 bridgehead atoms. The second kappa shape index (κ2) is 7.48. The van der Waals surface area contributed by atoms with E-state index in [-0.39, 0.29) is 5.97 Å². The fourth-order valence-corrected chi connectivity index (χ4v) is 2.51. The van der Waals surface area contributed by atoms with E-state index in [4.69, 9.17) is 9.15 Å². The maximum absolute atomic E-state index is 11.6. The molecule has 0 aliphatic rings. The van der Waals surface area contributed by atoms with Crippen molar-refractivity contribution in [1.29, 1.82) is 0 Å². The number of hydrogen-bond donors (Lipinski definition) is 1. The lowest BCUT2D eigenvalue weighted by Gasteiger charge is -2.25. The maximum Gasteiger partial charge on any atom is 0.325 e. The molecular formula is C13H21NO3S. The highest BCUT2D eigenvalue weighted by molar-refractivity contribution is 7.98. The summed E-state index contributed by atoms with van der Waals surface area (Å²) in [6, 6.07) is 3.87. The molecule has 18 heavy (non-hydrogen) atoms. The first-order valence-corrected chi connectivity index (χ1v) is 7.15. The molecule has 1 heterocycles. The number of esters is 1. The number of furan rings is 1. The summed E-state index contributed by atoms with van der Waals surface area (Å²) < 4.78 is 10.0. The normalized spacial score (nSPS) is 14.2. The Kier molecular flexibility index (Phi) is 6.29. The molecule has 0 spiro atoms. The Morgan fingerprint density at radius 2 is 2.39 bits per heavy atom. The molecule has 5 heteroatoms. The zero-order chi connectivity index (χ0) is 13.4. The van der Waals surface area contributed by atoms with Gasteiger partial charge in [-0.25, -0.2) is 0 Å². The van der Waals surface area contributed by atoms with Gasteiger partial charge in [0.15, 0.2) is 0 Å². The Bertz CT molecular complexity index is 353. The van der Waals surface area contributed by atoms with Gasteiger partial charge in [0.2, 0.25) is 0 Å². The van der Waals surface area contributed by atoms with Gasteiger partial charge >= 0.3 is 5.97 Å². The highest BCUT2D eigenvalue weighted by atomic mass is 32.2. The average Bonchev–Trinajstić information content (AvgIpc) is 2.90. The summed E-state index contributed by atoms with van der Waals surface area (Å²) in [6.07, 6.45) is 3.41. The maximum atomic E-state index is 11.6. The van der Waals surface area contributed by atoms with Gasteiger partial charge in [-0.05, 0) is 44.7 Å². The fourth-order valence-electron chi connectivity index (χ4n) is 1.65. The SMILES string of the molecule is CNC(C)(CCCSCc1ccco1)C(=O)OC. The number of rotatable bonds is 8. The highest BCUT2D eigenvalue weighted by Crippen LogP contribution is 2.18. The molecular weight excluding hydrogens is 250 g/mol. The minimum absolute atomic E-state index is 0.207. The van der Waals surface area contributed by atoms with E-state index in [0.29, 0.717) is 0 Å². The van der Waals surface area contributed by atoms with Crippen LogP contribution < -0.4 is 5.32 Å². The van der Waals surface area contributed by atoms with Gasteiger partial charge in [0.05, 0.1) is 19.1 Å². The Labute approximate surface area is 112 Å². The van der Waals surface area contributed by atoms with Gasteiger partial charge in [-0.2, -0.15) is 11.8 Å². The van der Waals surface area contributed by atoms with Gasteiger partial charge in [-0.15, -0.1) is 0 Å². The van der Waals surface area contributed by atoms with Crippen molar-refractivity contribution in [2.45, 2.75) is 31.1 Å². The molecule has 0 saturated heterocycles. The second-order valence-electron chi connectivity index (χ2n) is 4.31. The monoisotopic (exact) mass is 271 g/mol. The first-order chi connectivity index (χ1) is 8.62. The van der Waals surface area contributed by atoms with E-state index < -0.39 is 5.54 Å². The van der Waals surface area contributed by atoms with Crippen molar-refractivity contribution < 1.29 is 13.9 Å². The van der Waals surface area contributed by atoms with Crippen LogP contribution >= 0.6 is 11.8 Å². The summed E-state index contributed by atoms with van der Waals surface area (Å²) >= 11 is 1.81. The lowest BCUT2D eigenvalue weighted by atomic mass is 9.97. The zero-order valence-electron chi connectivity index (χ0n) is 11.2. The van der Waals surface area contributed by atoms with E-state index >= 15 is 0 Å². The van der Waals surface area contributed by atoms with E-state index in [1.807, 2.05) is 30.8 Å². The first kappa shape index (κ1) is 15.1. The van der Waals surface area contributed by atoms with Gasteiger partial charge in [-0.1, -0.05) is 0 Å². The van der Waals surface area contributed by atoms with Gasteiger partial charge in [0.1, 0.15) is 11.3 Å². The van der Waals surface area contributed by atoms with Crippen LogP contribution in [0, 0.1) is 0 Å². The van der Waals surface area contributed by atoms with Crippen molar-refractivity contribution in [3.63, 3.8) is 0 Å². The van der Waals surface area contributed by atoms with Crippen molar-refractivity contribution in [2.24, 2.45) is 0 Å². The third kappa shape index (κ3) is 4.38. The standard InChI is InChI=1S/C13H21NO3S/c1-13(14-2,12(15)16-3)7-5-9-18-10-11-6-4-8-17-11/h4,6,8,14H,5,7,9-10H2,1-3H3. The first-order valence-electron chi connectivity index (χ1n) is 6.00. The number of carbonyl (C=O) groups excluding carboxylic acids is 1. The molecule has 0 aliphatic heterocycles. The van der Waals surface area contributed by atoms with Crippen molar-refractivity contribution in [1.82, 2.24) is 5.32 Å². The van der Waals surface area contributed by atoms with Crippen molar-refractivity contribution in [2.75, 3.05) is 19.9 Å². The molecule has 1 atom stereocenters. The lowest BCUT2D eigenvalue weighted by molar-refractivity contribution is -0.148. The average molecular weight is 271 g/mol. The van der Waals surface area contributed by atoms with Gasteiger partial charge < -0.3 is 14.5 Å². The van der Waals surface area contributed by atoms with Crippen LogP contribution in [0.15, 0.2) is 22.8 Å². The summed E-state index contributed by atoms with van der Waals surface area (Å²) in [4.78, 5) is 11.6. The molecule has 0 radical (unpaired) electrons. The van der Waals surface area contributed by atoms with Crippen LogP contribution in [0.25, 0.3) is 0 Å². The zero-order valence-corrected chi connectivity index (χ0v) is 12.0. The number of nitrogens with one attached hydrogen (secondary N) is 1. The van der Waals surface area contributed by atoms with Crippen LogP contribution in [0.5, 0.6) is 0 Å². The Balaban J connectivity index is 2.21. The van der Waals surface area contributed by atoms with Crippen molar-refractivity contribution in [3.8, 4) is 0 Å². The Hall–Kier alpha value is -0.940. The van der Waals surface area contributed by atoms with E-state index in [9.17, 15) is 4.79 Å². The fraction of sp³-hybridized carbons (Fsp3) is 0.615. The summed E-state index contributed by atoms with van der Waals surface area (Å²) in [7, 11) is 3.20. The summed E-state index contributed by atoms with van der Waals surface area (Å²) in [6.45, 7) is 1.87. The molecule has 0 fully saturated rings. The predicted molar refractivity (Wildman–Crippen MR) is 73.6 cm³/mol. The van der Waals surface area contributed by atoms with Crippen LogP contribution in [0.3, 0.4) is 0 Å². The van der Waals surface area contributed by atoms with Gasteiger partial charge in [-0.3, -0.25) is 4.79 Å². The van der Waals surface area contributed by atoms with E-state index in [1.54, 1.807) is 13.3 Å². The molecule has 1 aromatic heterocycles. The topological polar surface area (TPSA) is 51.5 Å². The second-order valence-corrected chi connectivity index (χ2v) is 5.41. The summed E-state index contributed by atoms with van der Waals surface area (Å²) in [5.41, 5.74) is -0.583. The molecule has 4 nitrogen and oxygen atoms in total. The van der Waals surface area contributed by atoms with Crippen LogP contribution in [0.1, 0.15) is 25.5 Å². The molecule has 0 amide bonds. The van der Waals surface area contributed by atoms with Crippen molar-refractivity contribution >= 4 is 17.7 Å². The molecule has 0 saturated carbocycles. The summed E-state index contributed by atoms with van der Waals surface area (Å²) in [5, 5.41) is 3.03. The van der Waals surface area contributed by atoms with Crippen LogP contribution in [0.4, 0.5) is 0 Å². The van der Waals surface area contributed by atoms with Gasteiger partial charge in [0, 0.05) is 0 Å². The minimum atomic E-state index is -0.583. The minimum Gasteiger partial charge on any atom is -0.468 e. The number of ether oxygens (including phenoxy) is 1. The number of hydrogen-bond acceptors (Lipinski definition) is 5. The molecule has 0 aromatic carbocycles. The molecule has 1 aromatic rings. The van der Waals surface area contributed by atoms with E-state index in [0.717, 1.165) is 30.1 Å².